The molecule has 1 amide bonds. The normalized spacial score (nSPS) is 23.3. The molecule has 1 aromatic rings. The Morgan fingerprint density at radius 3 is 2.66 bits per heavy atom. The van der Waals surface area contributed by atoms with Crippen LogP contribution >= 0.6 is 11.6 Å². The summed E-state index contributed by atoms with van der Waals surface area (Å²) >= 11 is 6.93. The van der Waals surface area contributed by atoms with Crippen LogP contribution in [-0.4, -0.2) is 73.2 Å². The van der Waals surface area contributed by atoms with Gasteiger partial charge in [0, 0.05) is 19.6 Å². The molecular weight excluding hydrogens is 470 g/mol. The van der Waals surface area contributed by atoms with Crippen molar-refractivity contribution in [3.63, 3.8) is 0 Å². The topological polar surface area (TPSA) is 108 Å². The van der Waals surface area contributed by atoms with E-state index in [1.807, 2.05) is 32.9 Å². The lowest BCUT2D eigenvalue weighted by molar-refractivity contribution is 0.0248. The Bertz CT molecular complexity index is 917. The molecule has 194 valence electrons. The van der Waals surface area contributed by atoms with Crippen molar-refractivity contribution in [2.75, 3.05) is 49.5 Å². The fourth-order valence-electron chi connectivity index (χ4n) is 5.02. The molecule has 2 fully saturated rings. The van der Waals surface area contributed by atoms with Gasteiger partial charge < -0.3 is 30.4 Å². The van der Waals surface area contributed by atoms with Gasteiger partial charge in [0.1, 0.15) is 23.0 Å². The molecule has 3 aliphatic rings. The zero-order valence-electron chi connectivity index (χ0n) is 21.0. The summed E-state index contributed by atoms with van der Waals surface area (Å²) in [6.07, 6.45) is 4.41. The van der Waals surface area contributed by atoms with Gasteiger partial charge in [0.15, 0.2) is 0 Å². The number of nitrogens with one attached hydrogen (secondary N) is 1. The Morgan fingerprint density at radius 1 is 1.20 bits per heavy atom. The van der Waals surface area contributed by atoms with Crippen molar-refractivity contribution >= 4 is 29.1 Å². The van der Waals surface area contributed by atoms with Crippen molar-refractivity contribution in [2.45, 2.75) is 70.8 Å². The van der Waals surface area contributed by atoms with E-state index in [-0.39, 0.29) is 12.1 Å². The maximum Gasteiger partial charge on any atom is 0.410 e. The number of carbonyl (C=O) groups is 1. The van der Waals surface area contributed by atoms with Crippen molar-refractivity contribution in [3.05, 3.63) is 17.2 Å². The van der Waals surface area contributed by atoms with E-state index in [0.717, 1.165) is 50.3 Å². The maximum absolute atomic E-state index is 12.9. The molecule has 3 N–H and O–H groups in total. The number of hydrogen-bond donors (Lipinski definition) is 2. The second-order valence-corrected chi connectivity index (χ2v) is 10.8. The quantitative estimate of drug-likeness (QED) is 0.332. The van der Waals surface area contributed by atoms with Crippen LogP contribution in [0.25, 0.3) is 0 Å². The van der Waals surface area contributed by atoms with Crippen molar-refractivity contribution in [1.82, 2.24) is 9.80 Å². The average Bonchev–Trinajstić information content (AvgIpc) is 3.36. The fourth-order valence-corrected chi connectivity index (χ4v) is 5.33. The van der Waals surface area contributed by atoms with Gasteiger partial charge in [0.25, 0.3) is 0 Å². The molecular formula is C24H38ClN7O3. The van der Waals surface area contributed by atoms with Crippen LogP contribution in [-0.2, 0) is 4.74 Å². The number of halogens is 1. The molecule has 0 spiro atoms. The van der Waals surface area contributed by atoms with E-state index in [9.17, 15) is 4.79 Å². The SMILES string of the molecule is CC(C)(C)OC(=O)N1CCCC[C@@H](N2c3c(ccc(OCCN4CCCC4)c3Cl)NC2N=NN)C1. The lowest BCUT2D eigenvalue weighted by Crippen LogP contribution is -2.49. The number of likely N-dealkylation sites (tertiary alicyclic amines) is 2. The maximum atomic E-state index is 12.9. The van der Waals surface area contributed by atoms with Crippen LogP contribution in [0.4, 0.5) is 16.2 Å². The van der Waals surface area contributed by atoms with Gasteiger partial charge >= 0.3 is 6.09 Å². The van der Waals surface area contributed by atoms with Gasteiger partial charge in [0.05, 0.1) is 17.4 Å². The summed E-state index contributed by atoms with van der Waals surface area (Å²) in [6, 6.07) is 3.79. The minimum absolute atomic E-state index is 0.0494. The first-order chi connectivity index (χ1) is 16.8. The minimum Gasteiger partial charge on any atom is -0.491 e. The number of fused-ring (bicyclic) bond motifs is 1. The predicted octanol–water partition coefficient (Wildman–Crippen LogP) is 4.45. The number of rotatable bonds is 6. The third kappa shape index (κ3) is 6.22. The number of carbonyl (C=O) groups excluding carboxylic acids is 1. The number of ether oxygens (including phenoxy) is 2. The number of benzene rings is 1. The summed E-state index contributed by atoms with van der Waals surface area (Å²) in [4.78, 5) is 19.2. The molecule has 1 unspecified atom stereocenters. The van der Waals surface area contributed by atoms with Crippen LogP contribution in [0.5, 0.6) is 5.75 Å². The van der Waals surface area contributed by atoms with Crippen molar-refractivity contribution in [1.29, 1.82) is 0 Å². The Hall–Kier alpha value is -2.46. The molecule has 0 saturated carbocycles. The standard InChI is InChI=1S/C24H38ClN7O3/c1-24(2,3)35-23(33)31-13-5-4-8-17(16-31)32-21-18(27-22(32)28-29-26)9-10-19(20(21)25)34-15-14-30-11-6-7-12-30/h9-10,17,22,27H,4-8,11-16H2,1-3H3,(H2,26,28)/t17-,22?/m1/s1. The van der Waals surface area contributed by atoms with Gasteiger partial charge in [-0.15, -0.1) is 5.11 Å². The third-order valence-electron chi connectivity index (χ3n) is 6.62. The molecule has 0 aliphatic carbocycles. The molecule has 0 radical (unpaired) electrons. The molecule has 0 bridgehead atoms. The molecule has 10 nitrogen and oxygen atoms in total. The molecule has 3 aliphatic heterocycles. The van der Waals surface area contributed by atoms with Crippen molar-refractivity contribution in [3.8, 4) is 5.75 Å². The first-order valence-corrected chi connectivity index (χ1v) is 12.9. The monoisotopic (exact) mass is 507 g/mol. The Kier molecular flexibility index (Phi) is 8.11. The summed E-state index contributed by atoms with van der Waals surface area (Å²) in [7, 11) is 0. The summed E-state index contributed by atoms with van der Waals surface area (Å²) in [5.41, 5.74) is 1.09. The van der Waals surface area contributed by atoms with Crippen LogP contribution in [0.15, 0.2) is 22.5 Å². The number of nitrogens with two attached hydrogens (primary N) is 1. The molecule has 3 heterocycles. The molecule has 1 aromatic carbocycles. The van der Waals surface area contributed by atoms with E-state index < -0.39 is 11.9 Å². The number of amides is 1. The Morgan fingerprint density at radius 2 is 1.94 bits per heavy atom. The summed E-state index contributed by atoms with van der Waals surface area (Å²) < 4.78 is 11.8. The van der Waals surface area contributed by atoms with E-state index >= 15 is 0 Å². The summed E-state index contributed by atoms with van der Waals surface area (Å²) in [5.74, 6) is 6.09. The van der Waals surface area contributed by atoms with Gasteiger partial charge in [-0.25, -0.2) is 4.79 Å². The summed E-state index contributed by atoms with van der Waals surface area (Å²) in [5, 5.41) is 11.7. The highest BCUT2D eigenvalue weighted by Crippen LogP contribution is 2.47. The zero-order chi connectivity index (χ0) is 25.0. The van der Waals surface area contributed by atoms with Gasteiger partial charge in [-0.05, 0) is 78.1 Å². The number of hydrogen-bond acceptors (Lipinski definition) is 8. The zero-order valence-corrected chi connectivity index (χ0v) is 21.8. The minimum atomic E-state index is -0.554. The van der Waals surface area contributed by atoms with Gasteiger partial charge in [-0.2, -0.15) is 0 Å². The Balaban J connectivity index is 1.55. The van der Waals surface area contributed by atoms with Crippen LogP contribution in [0.2, 0.25) is 5.02 Å². The van der Waals surface area contributed by atoms with Gasteiger partial charge in [-0.3, -0.25) is 4.90 Å². The summed E-state index contributed by atoms with van der Waals surface area (Å²) in [6.45, 7) is 10.5. The van der Waals surface area contributed by atoms with E-state index in [4.69, 9.17) is 26.9 Å². The van der Waals surface area contributed by atoms with E-state index in [0.29, 0.717) is 30.5 Å². The van der Waals surface area contributed by atoms with Crippen LogP contribution in [0, 0.1) is 0 Å². The highest BCUT2D eigenvalue weighted by molar-refractivity contribution is 6.35. The molecule has 0 aromatic heterocycles. The van der Waals surface area contributed by atoms with Gasteiger partial charge in [0.2, 0.25) is 6.29 Å². The fraction of sp³-hybridized carbons (Fsp3) is 0.708. The lowest BCUT2D eigenvalue weighted by atomic mass is 10.1. The highest BCUT2D eigenvalue weighted by Gasteiger charge is 2.39. The second-order valence-electron chi connectivity index (χ2n) is 10.4. The van der Waals surface area contributed by atoms with Crippen molar-refractivity contribution < 1.29 is 14.3 Å². The molecule has 4 rings (SSSR count). The largest absolute Gasteiger partial charge is 0.491 e. The van der Waals surface area contributed by atoms with Crippen molar-refractivity contribution in [2.24, 2.45) is 16.2 Å². The lowest BCUT2D eigenvalue weighted by Gasteiger charge is -2.35. The van der Waals surface area contributed by atoms with E-state index in [2.05, 4.69) is 25.5 Å². The number of nitrogens with zero attached hydrogens (tertiary/aromatic N) is 5. The smallest absolute Gasteiger partial charge is 0.410 e. The second kappa shape index (κ2) is 11.1. The molecule has 2 saturated heterocycles. The molecule has 11 heteroatoms. The predicted molar refractivity (Wildman–Crippen MR) is 137 cm³/mol. The number of anilines is 2. The first-order valence-electron chi connectivity index (χ1n) is 12.6. The average molecular weight is 508 g/mol. The van der Waals surface area contributed by atoms with E-state index in [1.54, 1.807) is 4.90 Å². The van der Waals surface area contributed by atoms with Gasteiger partial charge in [-0.1, -0.05) is 16.8 Å². The van der Waals surface area contributed by atoms with Crippen LogP contribution in [0.1, 0.15) is 52.9 Å². The molecule has 35 heavy (non-hydrogen) atoms. The van der Waals surface area contributed by atoms with E-state index in [1.165, 1.54) is 12.8 Å². The molecule has 2 atom stereocenters. The first kappa shape index (κ1) is 25.6. The van der Waals surface area contributed by atoms with Crippen LogP contribution in [0.3, 0.4) is 0 Å². The third-order valence-corrected chi connectivity index (χ3v) is 6.98. The van der Waals surface area contributed by atoms with Crippen LogP contribution < -0.4 is 20.8 Å². The Labute approximate surface area is 212 Å². The highest BCUT2D eigenvalue weighted by atomic mass is 35.5.